The number of rotatable bonds is 14. The van der Waals surface area contributed by atoms with Crippen molar-refractivity contribution in [2.24, 2.45) is 11.7 Å². The topological polar surface area (TPSA) is 168 Å². The fourth-order valence-corrected chi connectivity index (χ4v) is 4.37. The van der Waals surface area contributed by atoms with E-state index in [1.807, 2.05) is 6.07 Å². The van der Waals surface area contributed by atoms with Gasteiger partial charge in [-0.1, -0.05) is 39.0 Å². The van der Waals surface area contributed by atoms with Crippen molar-refractivity contribution in [3.05, 3.63) is 35.9 Å². The number of benzene rings is 1. The van der Waals surface area contributed by atoms with E-state index in [9.17, 15) is 29.1 Å². The van der Waals surface area contributed by atoms with Crippen LogP contribution in [0.15, 0.2) is 30.3 Å². The van der Waals surface area contributed by atoms with E-state index in [1.54, 1.807) is 52.0 Å². The molecule has 216 valence electrons. The third-order valence-electron chi connectivity index (χ3n) is 7.14. The second kappa shape index (κ2) is 14.6. The average Bonchev–Trinajstić information content (AvgIpc) is 3.41. The molecule has 1 aliphatic rings. The number of carbonyl (C=O) groups excluding carboxylic acids is 4. The summed E-state index contributed by atoms with van der Waals surface area (Å²) in [6.45, 7) is 7.35. The van der Waals surface area contributed by atoms with Crippen LogP contribution in [0, 0.1) is 5.92 Å². The number of nitrogens with two attached hydrogens (primary N) is 1. The van der Waals surface area contributed by atoms with Gasteiger partial charge in [0.2, 0.25) is 17.7 Å². The lowest BCUT2D eigenvalue weighted by Gasteiger charge is -2.34. The van der Waals surface area contributed by atoms with Crippen LogP contribution < -0.4 is 16.4 Å². The first-order valence-electron chi connectivity index (χ1n) is 13.5. The van der Waals surface area contributed by atoms with Gasteiger partial charge in [0.15, 0.2) is 0 Å². The third-order valence-corrected chi connectivity index (χ3v) is 7.14. The van der Waals surface area contributed by atoms with E-state index in [-0.39, 0.29) is 18.9 Å². The number of carboxylic acids is 1. The Bertz CT molecular complexity index is 1020. The molecule has 3 amide bonds. The molecule has 4 atom stereocenters. The van der Waals surface area contributed by atoms with Crippen molar-refractivity contribution >= 4 is 29.7 Å². The quantitative estimate of drug-likeness (QED) is 0.202. The summed E-state index contributed by atoms with van der Waals surface area (Å²) in [5.41, 5.74) is 5.21. The molecule has 1 fully saturated rings. The van der Waals surface area contributed by atoms with Gasteiger partial charge in [0, 0.05) is 6.54 Å². The van der Waals surface area contributed by atoms with E-state index in [4.69, 9.17) is 10.5 Å². The number of amides is 3. The normalized spacial score (nSPS) is 18.1. The highest BCUT2D eigenvalue weighted by Gasteiger charge is 2.41. The average molecular weight is 547 g/mol. The second-order valence-electron chi connectivity index (χ2n) is 10.5. The minimum Gasteiger partial charge on any atom is -0.480 e. The number of likely N-dealkylation sites (tertiary alicyclic amines) is 1. The fraction of sp³-hybridized carbons (Fsp3) is 0.607. The smallest absolute Gasteiger partial charge is 0.338 e. The lowest BCUT2D eigenvalue weighted by atomic mass is 9.94. The van der Waals surface area contributed by atoms with Gasteiger partial charge >= 0.3 is 11.9 Å². The molecule has 2 rings (SSSR count). The molecule has 11 nitrogen and oxygen atoms in total. The second-order valence-corrected chi connectivity index (χ2v) is 10.5. The Balaban J connectivity index is 1.88. The first kappa shape index (κ1) is 31.7. The number of esters is 1. The summed E-state index contributed by atoms with van der Waals surface area (Å²) in [5.74, 6) is -3.28. The van der Waals surface area contributed by atoms with Gasteiger partial charge in [0.25, 0.3) is 0 Å². The van der Waals surface area contributed by atoms with Crippen LogP contribution in [0.5, 0.6) is 0 Å². The van der Waals surface area contributed by atoms with E-state index < -0.39 is 53.3 Å². The van der Waals surface area contributed by atoms with E-state index in [0.29, 0.717) is 44.2 Å². The predicted octanol–water partition coefficient (Wildman–Crippen LogP) is 1.84. The standard InChI is InChI=1S/C28H42N4O7/c1-5-28(4,27(38)30-22(18(2)3)24(34)32-16-11-15-21(32)25(35)36)31-23(33)20(29)14-9-10-17-39-26(37)19-12-7-6-8-13-19/h6-8,12-13,18,20-22H,5,9-11,14-17,29H2,1-4H3,(H,30,38)(H,31,33)(H,35,36)/t20-,21+,22-,28+/m0/s1. The molecular weight excluding hydrogens is 504 g/mol. The summed E-state index contributed by atoms with van der Waals surface area (Å²) in [6.07, 6.45) is 2.59. The molecule has 0 bridgehead atoms. The Kier molecular flexibility index (Phi) is 11.9. The highest BCUT2D eigenvalue weighted by atomic mass is 16.5. The minimum atomic E-state index is -1.33. The van der Waals surface area contributed by atoms with Gasteiger partial charge in [-0.15, -0.1) is 0 Å². The molecule has 1 heterocycles. The van der Waals surface area contributed by atoms with E-state index in [1.165, 1.54) is 4.90 Å². The van der Waals surface area contributed by atoms with Crippen molar-refractivity contribution in [3.63, 3.8) is 0 Å². The number of hydrogen-bond donors (Lipinski definition) is 4. The molecule has 1 aliphatic heterocycles. The summed E-state index contributed by atoms with van der Waals surface area (Å²) < 4.78 is 5.24. The Morgan fingerprint density at radius 2 is 1.82 bits per heavy atom. The van der Waals surface area contributed by atoms with Gasteiger partial charge in [0.05, 0.1) is 18.2 Å². The molecule has 0 saturated carbocycles. The summed E-state index contributed by atoms with van der Waals surface area (Å²) in [7, 11) is 0. The highest BCUT2D eigenvalue weighted by molar-refractivity contribution is 5.96. The van der Waals surface area contributed by atoms with E-state index >= 15 is 0 Å². The Labute approximate surface area is 229 Å². The molecule has 11 heteroatoms. The summed E-state index contributed by atoms with van der Waals surface area (Å²) in [5, 5.41) is 14.9. The van der Waals surface area contributed by atoms with Crippen LogP contribution in [-0.4, -0.2) is 76.5 Å². The molecule has 1 aromatic carbocycles. The van der Waals surface area contributed by atoms with Crippen molar-refractivity contribution in [1.29, 1.82) is 0 Å². The number of nitrogens with one attached hydrogen (secondary N) is 2. The fourth-order valence-electron chi connectivity index (χ4n) is 4.37. The molecule has 1 saturated heterocycles. The van der Waals surface area contributed by atoms with Gasteiger partial charge in [-0.2, -0.15) is 0 Å². The number of unbranched alkanes of at least 4 members (excludes halogenated alkanes) is 1. The van der Waals surface area contributed by atoms with Crippen molar-refractivity contribution in [1.82, 2.24) is 15.5 Å². The summed E-state index contributed by atoms with van der Waals surface area (Å²) in [4.78, 5) is 64.1. The van der Waals surface area contributed by atoms with Crippen molar-refractivity contribution < 1.29 is 33.8 Å². The molecule has 0 unspecified atom stereocenters. The van der Waals surface area contributed by atoms with Crippen molar-refractivity contribution in [2.75, 3.05) is 13.2 Å². The zero-order chi connectivity index (χ0) is 29.2. The maximum absolute atomic E-state index is 13.3. The maximum atomic E-state index is 13.3. The van der Waals surface area contributed by atoms with E-state index in [0.717, 1.165) is 0 Å². The molecule has 0 radical (unpaired) electrons. The third kappa shape index (κ3) is 8.77. The van der Waals surface area contributed by atoms with Crippen LogP contribution in [0.1, 0.15) is 76.6 Å². The van der Waals surface area contributed by atoms with Crippen LogP contribution in [0.2, 0.25) is 0 Å². The molecule has 1 aromatic rings. The van der Waals surface area contributed by atoms with Gasteiger partial charge in [0.1, 0.15) is 17.6 Å². The number of ether oxygens (including phenoxy) is 1. The lowest BCUT2D eigenvalue weighted by Crippen LogP contribution is -2.63. The molecule has 0 spiro atoms. The number of carbonyl (C=O) groups is 5. The summed E-state index contributed by atoms with van der Waals surface area (Å²) in [6, 6.07) is 5.92. The monoisotopic (exact) mass is 546 g/mol. The first-order valence-corrected chi connectivity index (χ1v) is 13.5. The SMILES string of the molecule is CC[C@@](C)(NC(=O)[C@@H](N)CCCCOC(=O)c1ccccc1)C(=O)N[C@H](C(=O)N1CCC[C@@H]1C(=O)O)C(C)C. The van der Waals surface area contributed by atoms with Crippen LogP contribution in [0.3, 0.4) is 0 Å². The molecular formula is C28H42N4O7. The largest absolute Gasteiger partial charge is 0.480 e. The van der Waals surface area contributed by atoms with Crippen molar-refractivity contribution in [3.8, 4) is 0 Å². The van der Waals surface area contributed by atoms with Crippen molar-refractivity contribution in [2.45, 2.75) is 89.9 Å². The van der Waals surface area contributed by atoms with Gasteiger partial charge in [-0.3, -0.25) is 14.4 Å². The number of aliphatic carboxylic acids is 1. The highest BCUT2D eigenvalue weighted by Crippen LogP contribution is 2.21. The molecule has 39 heavy (non-hydrogen) atoms. The van der Waals surface area contributed by atoms with Crippen LogP contribution in [-0.2, 0) is 23.9 Å². The molecule has 0 aromatic heterocycles. The first-order chi connectivity index (χ1) is 18.4. The lowest BCUT2D eigenvalue weighted by molar-refractivity contribution is -0.150. The predicted molar refractivity (Wildman–Crippen MR) is 145 cm³/mol. The zero-order valence-corrected chi connectivity index (χ0v) is 23.3. The van der Waals surface area contributed by atoms with Crippen LogP contribution in [0.25, 0.3) is 0 Å². The Hall–Kier alpha value is -3.47. The molecule has 5 N–H and O–H groups in total. The Morgan fingerprint density at radius 1 is 1.15 bits per heavy atom. The maximum Gasteiger partial charge on any atom is 0.338 e. The van der Waals surface area contributed by atoms with Crippen LogP contribution in [0.4, 0.5) is 0 Å². The zero-order valence-electron chi connectivity index (χ0n) is 23.3. The van der Waals surface area contributed by atoms with Gasteiger partial charge < -0.3 is 31.1 Å². The Morgan fingerprint density at radius 3 is 2.41 bits per heavy atom. The van der Waals surface area contributed by atoms with Gasteiger partial charge in [-0.05, 0) is 63.5 Å². The summed E-state index contributed by atoms with van der Waals surface area (Å²) >= 11 is 0. The number of carboxylic acid groups (broad SMARTS) is 1. The molecule has 0 aliphatic carbocycles. The minimum absolute atomic E-state index is 0.196. The number of hydrogen-bond acceptors (Lipinski definition) is 7. The van der Waals surface area contributed by atoms with E-state index in [2.05, 4.69) is 10.6 Å². The van der Waals surface area contributed by atoms with Crippen LogP contribution >= 0.6 is 0 Å². The number of nitrogens with zero attached hydrogens (tertiary/aromatic N) is 1. The van der Waals surface area contributed by atoms with Gasteiger partial charge in [-0.25, -0.2) is 9.59 Å².